The van der Waals surface area contributed by atoms with Crippen molar-refractivity contribution >= 4 is 27.7 Å². The molecule has 0 radical (unpaired) electrons. The zero-order chi connectivity index (χ0) is 21.2. The van der Waals surface area contributed by atoms with Crippen LogP contribution in [-0.2, 0) is 10.0 Å². The maximum Gasteiger partial charge on any atom is 0.262 e. The molecule has 3 aromatic rings. The fourth-order valence-corrected chi connectivity index (χ4v) is 4.68. The number of nitrogens with one attached hydrogen (secondary N) is 1. The molecule has 0 aliphatic rings. The van der Waals surface area contributed by atoms with Gasteiger partial charge in [-0.15, -0.1) is 0 Å². The molecule has 0 saturated carbocycles. The van der Waals surface area contributed by atoms with Crippen LogP contribution in [0.3, 0.4) is 0 Å². The van der Waals surface area contributed by atoms with E-state index < -0.39 is 15.9 Å². The van der Waals surface area contributed by atoms with Gasteiger partial charge in [-0.1, -0.05) is 47.2 Å². The van der Waals surface area contributed by atoms with Crippen molar-refractivity contribution in [2.75, 3.05) is 6.54 Å². The average molecular weight is 430 g/mol. The minimum Gasteiger partial charge on any atom is -0.271 e. The monoisotopic (exact) mass is 429 g/mol. The van der Waals surface area contributed by atoms with Crippen LogP contribution in [0.25, 0.3) is 0 Å². The zero-order valence-electron chi connectivity index (χ0n) is 16.8. The van der Waals surface area contributed by atoms with Crippen molar-refractivity contribution in [3.8, 4) is 0 Å². The highest BCUT2D eigenvalue weighted by Crippen LogP contribution is 2.32. The van der Waals surface area contributed by atoms with E-state index in [2.05, 4.69) is 9.82 Å². The van der Waals surface area contributed by atoms with Crippen LogP contribution < -0.4 is 4.72 Å². The molecule has 3 rings (SSSR count). The number of hydrogen-bond acceptors (Lipinski definition) is 5. The lowest BCUT2D eigenvalue weighted by Gasteiger charge is -2.08. The molecule has 2 aromatic carbocycles. The van der Waals surface area contributed by atoms with Gasteiger partial charge in [0.2, 0.25) is 10.0 Å². The number of hydrogen-bond donors (Lipinski definition) is 1. The predicted molar refractivity (Wildman–Crippen MR) is 114 cm³/mol. The summed E-state index contributed by atoms with van der Waals surface area (Å²) in [5, 5.41) is 4.32. The molecule has 0 aliphatic heterocycles. The van der Waals surface area contributed by atoms with Gasteiger partial charge < -0.3 is 0 Å². The SMILES string of the molecule is Cc1ccc(Sc2c(C)nn(C(=O)CNS(=O)(=O)c3ccc(C)cc3)c2C)cc1. The van der Waals surface area contributed by atoms with Gasteiger partial charge in [-0.2, -0.15) is 5.10 Å². The van der Waals surface area contributed by atoms with Crippen LogP contribution in [0.4, 0.5) is 0 Å². The molecule has 0 aliphatic carbocycles. The van der Waals surface area contributed by atoms with Crippen LogP contribution in [-0.4, -0.2) is 30.7 Å². The number of sulfonamides is 1. The highest BCUT2D eigenvalue weighted by Gasteiger charge is 2.20. The summed E-state index contributed by atoms with van der Waals surface area (Å²) < 4.78 is 28.4. The Labute approximate surface area is 175 Å². The van der Waals surface area contributed by atoms with E-state index in [4.69, 9.17) is 0 Å². The Bertz CT molecular complexity index is 1130. The maximum atomic E-state index is 12.6. The quantitative estimate of drug-likeness (QED) is 0.643. The van der Waals surface area contributed by atoms with Crippen molar-refractivity contribution in [1.82, 2.24) is 14.5 Å². The molecule has 0 atom stereocenters. The molecule has 29 heavy (non-hydrogen) atoms. The van der Waals surface area contributed by atoms with E-state index >= 15 is 0 Å². The highest BCUT2D eigenvalue weighted by molar-refractivity contribution is 7.99. The highest BCUT2D eigenvalue weighted by atomic mass is 32.2. The standard InChI is InChI=1S/C21H23N3O3S2/c1-14-5-9-18(10-6-14)28-21-16(3)23-24(17(21)4)20(25)13-22-29(26,27)19-11-7-15(2)8-12-19/h5-12,22H,13H2,1-4H3. The van der Waals surface area contributed by atoms with Crippen LogP contribution in [0.1, 0.15) is 27.3 Å². The van der Waals surface area contributed by atoms with Gasteiger partial charge in [0.1, 0.15) is 0 Å². The number of aromatic nitrogens is 2. The van der Waals surface area contributed by atoms with Crippen LogP contribution in [0.15, 0.2) is 63.2 Å². The van der Waals surface area contributed by atoms with Gasteiger partial charge in [-0.3, -0.25) is 4.79 Å². The summed E-state index contributed by atoms with van der Waals surface area (Å²) in [6.07, 6.45) is 0. The van der Waals surface area contributed by atoms with Gasteiger partial charge in [0, 0.05) is 4.90 Å². The maximum absolute atomic E-state index is 12.6. The molecule has 8 heteroatoms. The molecular weight excluding hydrogens is 406 g/mol. The summed E-state index contributed by atoms with van der Waals surface area (Å²) >= 11 is 1.54. The first-order chi connectivity index (χ1) is 13.7. The molecule has 0 spiro atoms. The van der Waals surface area contributed by atoms with Crippen LogP contribution in [0.5, 0.6) is 0 Å². The van der Waals surface area contributed by atoms with E-state index in [1.54, 1.807) is 12.1 Å². The third-order valence-corrected chi connectivity index (χ3v) is 7.17. The lowest BCUT2D eigenvalue weighted by atomic mass is 10.2. The predicted octanol–water partition coefficient (Wildman–Crippen LogP) is 3.89. The van der Waals surface area contributed by atoms with E-state index in [0.717, 1.165) is 21.0 Å². The third kappa shape index (κ3) is 4.95. The molecule has 1 heterocycles. The van der Waals surface area contributed by atoms with Gasteiger partial charge in [0.05, 0.1) is 27.7 Å². The second kappa shape index (κ2) is 8.52. The van der Waals surface area contributed by atoms with Crippen molar-refractivity contribution in [1.29, 1.82) is 0 Å². The Kier molecular flexibility index (Phi) is 6.26. The van der Waals surface area contributed by atoms with Crippen molar-refractivity contribution in [2.45, 2.75) is 42.4 Å². The van der Waals surface area contributed by atoms with Gasteiger partial charge in [0.25, 0.3) is 5.91 Å². The fourth-order valence-electron chi connectivity index (χ4n) is 2.78. The Balaban J connectivity index is 1.74. The number of nitrogens with zero attached hydrogens (tertiary/aromatic N) is 2. The Morgan fingerprint density at radius 2 is 1.52 bits per heavy atom. The summed E-state index contributed by atoms with van der Waals surface area (Å²) in [4.78, 5) is 14.7. The summed E-state index contributed by atoms with van der Waals surface area (Å²) in [5.41, 5.74) is 3.55. The van der Waals surface area contributed by atoms with E-state index in [-0.39, 0.29) is 11.4 Å². The summed E-state index contributed by atoms with van der Waals surface area (Å²) in [7, 11) is -3.77. The number of rotatable bonds is 6. The topological polar surface area (TPSA) is 81.1 Å². The molecule has 6 nitrogen and oxygen atoms in total. The van der Waals surface area contributed by atoms with Gasteiger partial charge >= 0.3 is 0 Å². The molecule has 1 aromatic heterocycles. The Hall–Kier alpha value is -2.42. The first-order valence-electron chi connectivity index (χ1n) is 9.07. The summed E-state index contributed by atoms with van der Waals surface area (Å²) in [6, 6.07) is 14.6. The molecule has 0 unspecified atom stereocenters. The van der Waals surface area contributed by atoms with Crippen molar-refractivity contribution in [3.05, 3.63) is 71.0 Å². The first kappa shape index (κ1) is 21.3. The average Bonchev–Trinajstić information content (AvgIpc) is 2.96. The normalized spacial score (nSPS) is 11.6. The lowest BCUT2D eigenvalue weighted by molar-refractivity contribution is 0.0900. The molecule has 152 valence electrons. The largest absolute Gasteiger partial charge is 0.271 e. The number of carbonyl (C=O) groups excluding carboxylic acids is 1. The van der Waals surface area contributed by atoms with E-state index in [1.807, 2.05) is 52.0 Å². The van der Waals surface area contributed by atoms with Crippen LogP contribution in [0, 0.1) is 27.7 Å². The molecule has 0 saturated heterocycles. The smallest absolute Gasteiger partial charge is 0.262 e. The summed E-state index contributed by atoms with van der Waals surface area (Å²) in [5.74, 6) is -0.433. The molecule has 1 N–H and O–H groups in total. The Morgan fingerprint density at radius 1 is 0.966 bits per heavy atom. The van der Waals surface area contributed by atoms with Crippen LogP contribution >= 0.6 is 11.8 Å². The zero-order valence-corrected chi connectivity index (χ0v) is 18.4. The summed E-state index contributed by atoms with van der Waals surface area (Å²) in [6.45, 7) is 7.18. The minimum absolute atomic E-state index is 0.125. The fraction of sp³-hybridized carbons (Fsp3) is 0.238. The third-order valence-electron chi connectivity index (χ3n) is 4.45. The van der Waals surface area contributed by atoms with Crippen LogP contribution in [0.2, 0.25) is 0 Å². The number of carbonyl (C=O) groups is 1. The van der Waals surface area contributed by atoms with Crippen molar-refractivity contribution in [2.24, 2.45) is 0 Å². The lowest BCUT2D eigenvalue weighted by Crippen LogP contribution is -2.33. The van der Waals surface area contributed by atoms with E-state index in [0.29, 0.717) is 5.69 Å². The molecular formula is C21H23N3O3S2. The van der Waals surface area contributed by atoms with E-state index in [1.165, 1.54) is 34.1 Å². The number of aryl methyl sites for hydroxylation is 3. The number of benzene rings is 2. The van der Waals surface area contributed by atoms with E-state index in [9.17, 15) is 13.2 Å². The second-order valence-corrected chi connectivity index (χ2v) is 9.71. The molecule has 0 amide bonds. The van der Waals surface area contributed by atoms with Gasteiger partial charge in [-0.05, 0) is 52.0 Å². The minimum atomic E-state index is -3.77. The van der Waals surface area contributed by atoms with Crippen molar-refractivity contribution in [3.63, 3.8) is 0 Å². The second-order valence-electron chi connectivity index (χ2n) is 6.86. The van der Waals surface area contributed by atoms with Crippen molar-refractivity contribution < 1.29 is 13.2 Å². The van der Waals surface area contributed by atoms with Gasteiger partial charge in [-0.25, -0.2) is 17.8 Å². The molecule has 0 fully saturated rings. The Morgan fingerprint density at radius 3 is 2.10 bits per heavy atom. The van der Waals surface area contributed by atoms with Gasteiger partial charge in [0.15, 0.2) is 0 Å². The first-order valence-corrected chi connectivity index (χ1v) is 11.4. The molecule has 0 bridgehead atoms.